The molecule has 0 spiro atoms. The van der Waals surface area contributed by atoms with Crippen LogP contribution in [0.5, 0.6) is 5.75 Å². The van der Waals surface area contributed by atoms with E-state index in [2.05, 4.69) is 10.6 Å². The van der Waals surface area contributed by atoms with Crippen molar-refractivity contribution in [3.63, 3.8) is 0 Å². The summed E-state index contributed by atoms with van der Waals surface area (Å²) in [5.41, 5.74) is 1.23. The van der Waals surface area contributed by atoms with Crippen LogP contribution in [0.1, 0.15) is 12.8 Å². The van der Waals surface area contributed by atoms with Crippen molar-refractivity contribution in [2.45, 2.75) is 18.9 Å². The van der Waals surface area contributed by atoms with Gasteiger partial charge in [0.25, 0.3) is 0 Å². The molecule has 2 aromatic rings. The number of rotatable bonds is 7. The molecule has 3 rings (SSSR count). The molecule has 0 aromatic heterocycles. The lowest BCUT2D eigenvalue weighted by molar-refractivity contribution is -0.114. The highest BCUT2D eigenvalue weighted by Crippen LogP contribution is 2.29. The van der Waals surface area contributed by atoms with Gasteiger partial charge in [-0.2, -0.15) is 0 Å². The van der Waals surface area contributed by atoms with Crippen molar-refractivity contribution in [3.05, 3.63) is 52.5 Å². The number of amides is 1. The number of benzene rings is 2. The van der Waals surface area contributed by atoms with Crippen LogP contribution in [0.15, 0.2) is 42.5 Å². The number of ether oxygens (including phenoxy) is 2. The Balaban J connectivity index is 1.56. The predicted octanol–water partition coefficient (Wildman–Crippen LogP) is 4.60. The number of carbonyl (C=O) groups is 1. The summed E-state index contributed by atoms with van der Waals surface area (Å²) in [7, 11) is 0. The largest absolute Gasteiger partial charge is 0.489 e. The smallest absolute Gasteiger partial charge is 0.243 e. The Kier molecular flexibility index (Phi) is 6.61. The molecule has 1 amide bonds. The Hall–Kier alpha value is -1.95. The molecule has 1 aliphatic rings. The lowest BCUT2D eigenvalue weighted by Crippen LogP contribution is -2.23. The van der Waals surface area contributed by atoms with E-state index in [1.165, 1.54) is 0 Å². The molecule has 0 aliphatic carbocycles. The van der Waals surface area contributed by atoms with Crippen molar-refractivity contribution in [2.24, 2.45) is 0 Å². The van der Waals surface area contributed by atoms with Crippen LogP contribution in [0.2, 0.25) is 10.0 Å². The molecule has 7 heteroatoms. The van der Waals surface area contributed by atoms with Crippen molar-refractivity contribution in [1.29, 1.82) is 0 Å². The maximum Gasteiger partial charge on any atom is 0.243 e. The summed E-state index contributed by atoms with van der Waals surface area (Å²) in [5, 5.41) is 6.65. The Bertz CT molecular complexity index is 764. The number of carbonyl (C=O) groups excluding carboxylic acids is 1. The summed E-state index contributed by atoms with van der Waals surface area (Å²) in [4.78, 5) is 12.3. The zero-order valence-corrected chi connectivity index (χ0v) is 15.6. The second kappa shape index (κ2) is 9.12. The first-order valence-electron chi connectivity index (χ1n) is 8.44. The molecule has 0 radical (unpaired) electrons. The summed E-state index contributed by atoms with van der Waals surface area (Å²) in [5.74, 6) is 0.409. The van der Waals surface area contributed by atoms with E-state index in [-0.39, 0.29) is 18.6 Å². The molecular weight excluding hydrogens is 375 g/mol. The van der Waals surface area contributed by atoms with Gasteiger partial charge in [0.1, 0.15) is 12.4 Å². The molecule has 5 nitrogen and oxygen atoms in total. The van der Waals surface area contributed by atoms with E-state index >= 15 is 0 Å². The Morgan fingerprint density at radius 1 is 1.15 bits per heavy atom. The van der Waals surface area contributed by atoms with Gasteiger partial charge in [-0.15, -0.1) is 0 Å². The van der Waals surface area contributed by atoms with Gasteiger partial charge in [0.2, 0.25) is 5.91 Å². The SMILES string of the molecule is O=C(CNc1cccc(Cl)c1Cl)Nc1ccccc1OCC1CCCO1. The van der Waals surface area contributed by atoms with E-state index in [9.17, 15) is 4.79 Å². The third kappa shape index (κ3) is 5.04. The average molecular weight is 395 g/mol. The molecule has 1 fully saturated rings. The zero-order valence-electron chi connectivity index (χ0n) is 14.1. The highest BCUT2D eigenvalue weighted by molar-refractivity contribution is 6.43. The van der Waals surface area contributed by atoms with Crippen molar-refractivity contribution >= 4 is 40.5 Å². The summed E-state index contributed by atoms with van der Waals surface area (Å²) in [6.07, 6.45) is 2.17. The Labute approximate surface area is 162 Å². The maximum atomic E-state index is 12.3. The normalized spacial score (nSPS) is 16.3. The van der Waals surface area contributed by atoms with Crippen molar-refractivity contribution in [1.82, 2.24) is 0 Å². The molecule has 1 saturated heterocycles. The minimum absolute atomic E-state index is 0.0557. The van der Waals surface area contributed by atoms with Gasteiger partial charge in [0.05, 0.1) is 34.1 Å². The van der Waals surface area contributed by atoms with Gasteiger partial charge in [-0.1, -0.05) is 41.4 Å². The number of anilines is 2. The first kappa shape index (κ1) is 18.8. The van der Waals surface area contributed by atoms with Gasteiger partial charge in [-0.3, -0.25) is 4.79 Å². The number of hydrogen-bond acceptors (Lipinski definition) is 4. The topological polar surface area (TPSA) is 59.6 Å². The van der Waals surface area contributed by atoms with Crippen molar-refractivity contribution in [3.8, 4) is 5.75 Å². The van der Waals surface area contributed by atoms with Crippen LogP contribution in [0.25, 0.3) is 0 Å². The van der Waals surface area contributed by atoms with E-state index in [1.54, 1.807) is 24.3 Å². The van der Waals surface area contributed by atoms with Crippen LogP contribution in [0.4, 0.5) is 11.4 Å². The molecule has 0 saturated carbocycles. The summed E-state index contributed by atoms with van der Waals surface area (Å²) in [6.45, 7) is 1.31. The van der Waals surface area contributed by atoms with Crippen molar-refractivity contribution in [2.75, 3.05) is 30.4 Å². The highest BCUT2D eigenvalue weighted by Gasteiger charge is 2.17. The molecule has 1 atom stereocenters. The van der Waals surface area contributed by atoms with E-state index < -0.39 is 0 Å². The van der Waals surface area contributed by atoms with E-state index in [0.717, 1.165) is 19.4 Å². The first-order chi connectivity index (χ1) is 12.6. The number of para-hydroxylation sites is 2. The predicted molar refractivity (Wildman–Crippen MR) is 104 cm³/mol. The lowest BCUT2D eigenvalue weighted by Gasteiger charge is -2.15. The van der Waals surface area contributed by atoms with Crippen LogP contribution in [-0.4, -0.2) is 31.8 Å². The fourth-order valence-corrected chi connectivity index (χ4v) is 3.03. The van der Waals surface area contributed by atoms with Gasteiger partial charge in [0, 0.05) is 6.61 Å². The quantitative estimate of drug-likeness (QED) is 0.719. The van der Waals surface area contributed by atoms with E-state index in [1.807, 2.05) is 18.2 Å². The highest BCUT2D eigenvalue weighted by atomic mass is 35.5. The molecule has 138 valence electrons. The number of hydrogen-bond donors (Lipinski definition) is 2. The molecule has 0 bridgehead atoms. The van der Waals surface area contributed by atoms with Gasteiger partial charge >= 0.3 is 0 Å². The molecule has 2 aromatic carbocycles. The fourth-order valence-electron chi connectivity index (χ4n) is 2.66. The fraction of sp³-hybridized carbons (Fsp3) is 0.316. The zero-order chi connectivity index (χ0) is 18.4. The number of nitrogens with one attached hydrogen (secondary N) is 2. The molecule has 1 aliphatic heterocycles. The lowest BCUT2D eigenvalue weighted by atomic mass is 10.2. The summed E-state index contributed by atoms with van der Waals surface area (Å²) >= 11 is 12.1. The average Bonchev–Trinajstić information content (AvgIpc) is 3.16. The standard InChI is InChI=1S/C19H20Cl2N2O3/c20-14-6-3-8-16(19(14)21)22-11-18(24)23-15-7-1-2-9-17(15)26-12-13-5-4-10-25-13/h1-3,6-9,13,22H,4-5,10-12H2,(H,23,24). The molecule has 1 unspecified atom stereocenters. The third-order valence-corrected chi connectivity index (χ3v) is 4.82. The molecular formula is C19H20Cl2N2O3. The number of halogens is 2. The van der Waals surface area contributed by atoms with E-state index in [4.69, 9.17) is 32.7 Å². The van der Waals surface area contributed by atoms with Crippen LogP contribution >= 0.6 is 23.2 Å². The Morgan fingerprint density at radius 3 is 2.77 bits per heavy atom. The maximum absolute atomic E-state index is 12.3. The summed E-state index contributed by atoms with van der Waals surface area (Å²) in [6, 6.07) is 12.6. The van der Waals surface area contributed by atoms with Crippen LogP contribution < -0.4 is 15.4 Å². The third-order valence-electron chi connectivity index (χ3n) is 4.00. The van der Waals surface area contributed by atoms with Gasteiger partial charge in [-0.25, -0.2) is 0 Å². The van der Waals surface area contributed by atoms with Crippen LogP contribution in [-0.2, 0) is 9.53 Å². The van der Waals surface area contributed by atoms with E-state index in [0.29, 0.717) is 33.8 Å². The van der Waals surface area contributed by atoms with Crippen LogP contribution in [0.3, 0.4) is 0 Å². The van der Waals surface area contributed by atoms with Gasteiger partial charge < -0.3 is 20.1 Å². The van der Waals surface area contributed by atoms with Gasteiger partial charge in [-0.05, 0) is 37.1 Å². The van der Waals surface area contributed by atoms with Crippen LogP contribution in [0, 0.1) is 0 Å². The van der Waals surface area contributed by atoms with Crippen molar-refractivity contribution < 1.29 is 14.3 Å². The van der Waals surface area contributed by atoms with Gasteiger partial charge in [0.15, 0.2) is 0 Å². The molecule has 2 N–H and O–H groups in total. The Morgan fingerprint density at radius 2 is 1.96 bits per heavy atom. The summed E-state index contributed by atoms with van der Waals surface area (Å²) < 4.78 is 11.4. The second-order valence-electron chi connectivity index (χ2n) is 5.95. The first-order valence-corrected chi connectivity index (χ1v) is 9.20. The minimum Gasteiger partial charge on any atom is -0.489 e. The molecule has 26 heavy (non-hydrogen) atoms. The monoisotopic (exact) mass is 394 g/mol. The molecule has 1 heterocycles. The second-order valence-corrected chi connectivity index (χ2v) is 6.73. The minimum atomic E-state index is -0.214.